The molecule has 0 aromatic heterocycles. The topological polar surface area (TPSA) is 88.9 Å². The quantitative estimate of drug-likeness (QED) is 0.415. The van der Waals surface area contributed by atoms with E-state index in [0.29, 0.717) is 0 Å². The van der Waals surface area contributed by atoms with E-state index in [1.165, 1.54) is 0 Å². The molecule has 0 rings (SSSR count). The third kappa shape index (κ3) is 11.0. The van der Waals surface area contributed by atoms with Crippen LogP contribution >= 0.6 is 0 Å². The largest absolute Gasteiger partial charge is 0.369 e. The molecule has 0 aliphatic heterocycles. The Bertz CT molecular complexity index is 54.9. The molecule has 5 nitrogen and oxygen atoms in total. The van der Waals surface area contributed by atoms with Gasteiger partial charge in [-0.15, -0.1) is 10.1 Å². The Morgan fingerprint density at radius 3 is 2.29 bits per heavy atom. The minimum Gasteiger partial charge on any atom is -0.369 e. The number of quaternary nitrogens is 1. The molecular formula is C2H9N2O3+. The molecule has 0 aromatic carbocycles. The maximum absolute atomic E-state index is 9.18. The van der Waals surface area contributed by atoms with Crippen molar-refractivity contribution in [1.82, 2.24) is 6.15 Å². The summed E-state index contributed by atoms with van der Waals surface area (Å²) in [4.78, 5) is 12.9. The van der Waals surface area contributed by atoms with Crippen molar-refractivity contribution in [2.75, 3.05) is 6.61 Å². The second-order valence-electron chi connectivity index (χ2n) is 0.641. The van der Waals surface area contributed by atoms with E-state index in [1.807, 2.05) is 0 Å². The molecule has 0 heterocycles. The van der Waals surface area contributed by atoms with Crippen LogP contribution in [0.3, 0.4) is 0 Å². The lowest BCUT2D eigenvalue weighted by molar-refractivity contribution is -0.756. The number of rotatable bonds is 2. The van der Waals surface area contributed by atoms with E-state index in [0.717, 1.165) is 0 Å². The summed E-state index contributed by atoms with van der Waals surface area (Å²) in [5, 5.41) is 8.36. The summed E-state index contributed by atoms with van der Waals surface area (Å²) >= 11 is 0. The third-order valence-electron chi connectivity index (χ3n) is 0.235. The summed E-state index contributed by atoms with van der Waals surface area (Å²) in [5.41, 5.74) is 0. The van der Waals surface area contributed by atoms with Crippen molar-refractivity contribution in [3.05, 3.63) is 10.1 Å². The fraction of sp³-hybridized carbons (Fsp3) is 1.00. The molecule has 0 aromatic rings. The highest BCUT2D eigenvalue weighted by atomic mass is 16.9. The molecule has 0 amide bonds. The Labute approximate surface area is 41.0 Å². The molecule has 0 unspecified atom stereocenters. The third-order valence-corrected chi connectivity index (χ3v) is 0.235. The molecule has 44 valence electrons. The first-order valence-electron chi connectivity index (χ1n) is 1.54. The average molecular weight is 109 g/mol. The van der Waals surface area contributed by atoms with E-state index in [2.05, 4.69) is 4.84 Å². The summed E-state index contributed by atoms with van der Waals surface area (Å²) in [6.07, 6.45) is 0. The van der Waals surface area contributed by atoms with E-state index < -0.39 is 5.09 Å². The Morgan fingerprint density at radius 2 is 2.29 bits per heavy atom. The van der Waals surface area contributed by atoms with Gasteiger partial charge in [-0.3, -0.25) is 0 Å². The first-order chi connectivity index (χ1) is 2.77. The van der Waals surface area contributed by atoms with Crippen LogP contribution < -0.4 is 6.15 Å². The van der Waals surface area contributed by atoms with Crippen LogP contribution in [0, 0.1) is 10.1 Å². The summed E-state index contributed by atoms with van der Waals surface area (Å²) in [6, 6.07) is 0. The van der Waals surface area contributed by atoms with Crippen LogP contribution in [-0.4, -0.2) is 11.7 Å². The van der Waals surface area contributed by atoms with Gasteiger partial charge >= 0.3 is 0 Å². The van der Waals surface area contributed by atoms with E-state index >= 15 is 0 Å². The zero-order valence-corrected chi connectivity index (χ0v) is 4.38. The maximum atomic E-state index is 9.18. The number of hydrogen-bond acceptors (Lipinski definition) is 3. The molecule has 0 aliphatic carbocycles. The van der Waals surface area contributed by atoms with E-state index in [-0.39, 0.29) is 12.8 Å². The van der Waals surface area contributed by atoms with Crippen LogP contribution in [0.4, 0.5) is 0 Å². The van der Waals surface area contributed by atoms with Gasteiger partial charge < -0.3 is 11.0 Å². The summed E-state index contributed by atoms with van der Waals surface area (Å²) in [5.74, 6) is 0. The van der Waals surface area contributed by atoms with Gasteiger partial charge in [0.1, 0.15) is 0 Å². The molecule has 0 spiro atoms. The van der Waals surface area contributed by atoms with Crippen molar-refractivity contribution in [2.45, 2.75) is 6.92 Å². The summed E-state index contributed by atoms with van der Waals surface area (Å²) in [7, 11) is 0. The molecule has 0 bridgehead atoms. The standard InChI is InChI=1S/C2H5NO3.H3N/c1-2-6-3(4)5;/h2H2,1H3;1H3/p+1. The van der Waals surface area contributed by atoms with Crippen LogP contribution in [0.1, 0.15) is 6.92 Å². The summed E-state index contributed by atoms with van der Waals surface area (Å²) < 4.78 is 0. The molecule has 0 saturated carbocycles. The van der Waals surface area contributed by atoms with Gasteiger partial charge in [-0.1, -0.05) is 0 Å². The van der Waals surface area contributed by atoms with Gasteiger partial charge in [0.25, 0.3) is 5.09 Å². The number of hydrogen-bond donors (Lipinski definition) is 1. The monoisotopic (exact) mass is 109 g/mol. The normalized spacial score (nSPS) is 6.43. The van der Waals surface area contributed by atoms with Crippen molar-refractivity contribution in [1.29, 1.82) is 0 Å². The minimum absolute atomic E-state index is 0. The molecule has 7 heavy (non-hydrogen) atoms. The number of nitrogens with zero attached hydrogens (tertiary/aromatic N) is 1. The zero-order chi connectivity index (χ0) is 4.99. The zero-order valence-electron chi connectivity index (χ0n) is 4.38. The first-order valence-corrected chi connectivity index (χ1v) is 1.54. The lowest BCUT2D eigenvalue weighted by atomic mass is 10.9. The fourth-order valence-electron chi connectivity index (χ4n) is 0.105. The van der Waals surface area contributed by atoms with Crippen LogP contribution in [0.5, 0.6) is 0 Å². The van der Waals surface area contributed by atoms with Gasteiger partial charge in [-0.05, 0) is 6.92 Å². The van der Waals surface area contributed by atoms with Crippen LogP contribution in [-0.2, 0) is 4.84 Å². The van der Waals surface area contributed by atoms with Crippen molar-refractivity contribution in [3.8, 4) is 0 Å². The Balaban J connectivity index is 0. The molecule has 0 fully saturated rings. The van der Waals surface area contributed by atoms with E-state index in [1.54, 1.807) is 6.92 Å². The molecule has 5 heteroatoms. The van der Waals surface area contributed by atoms with Gasteiger partial charge in [0.05, 0.1) is 6.61 Å². The highest BCUT2D eigenvalue weighted by Gasteiger charge is 1.83. The van der Waals surface area contributed by atoms with Crippen LogP contribution in [0.15, 0.2) is 0 Å². The van der Waals surface area contributed by atoms with Crippen molar-refractivity contribution in [3.63, 3.8) is 0 Å². The SMILES string of the molecule is CCO[N+](=O)[O-].[NH4+]. The lowest BCUT2D eigenvalue weighted by Gasteiger charge is -1.83. The molecule has 0 radical (unpaired) electrons. The van der Waals surface area contributed by atoms with E-state index in [4.69, 9.17) is 0 Å². The Morgan fingerprint density at radius 1 is 1.86 bits per heavy atom. The second kappa shape index (κ2) is 5.16. The lowest BCUT2D eigenvalue weighted by Crippen LogP contribution is -1.97. The summed E-state index contributed by atoms with van der Waals surface area (Å²) in [6.45, 7) is 1.69. The van der Waals surface area contributed by atoms with Gasteiger partial charge in [0.2, 0.25) is 0 Å². The molecule has 4 N–H and O–H groups in total. The fourth-order valence-corrected chi connectivity index (χ4v) is 0.105. The molecule has 0 aliphatic rings. The minimum atomic E-state index is -0.819. The highest BCUT2D eigenvalue weighted by molar-refractivity contribution is 3.95. The average Bonchev–Trinajstić information content (AvgIpc) is 1.35. The van der Waals surface area contributed by atoms with Crippen LogP contribution in [0.2, 0.25) is 0 Å². The van der Waals surface area contributed by atoms with Crippen molar-refractivity contribution in [2.24, 2.45) is 0 Å². The highest BCUT2D eigenvalue weighted by Crippen LogP contribution is 1.67. The smallest absolute Gasteiger partial charge is 0.294 e. The predicted octanol–water partition coefficient (Wildman–Crippen LogP) is 0.591. The molecular weight excluding hydrogens is 100 g/mol. The van der Waals surface area contributed by atoms with Crippen LogP contribution in [0.25, 0.3) is 0 Å². The van der Waals surface area contributed by atoms with Gasteiger partial charge in [-0.2, -0.15) is 0 Å². The maximum Gasteiger partial charge on any atom is 0.294 e. The van der Waals surface area contributed by atoms with Gasteiger partial charge in [-0.25, -0.2) is 0 Å². The molecule has 0 atom stereocenters. The first kappa shape index (κ1) is 9.48. The van der Waals surface area contributed by atoms with Crippen molar-refractivity contribution >= 4 is 0 Å². The van der Waals surface area contributed by atoms with Gasteiger partial charge in [0.15, 0.2) is 0 Å². The predicted molar refractivity (Wildman–Crippen MR) is 24.6 cm³/mol. The van der Waals surface area contributed by atoms with Gasteiger partial charge in [0, 0.05) is 0 Å². The Kier molecular flexibility index (Phi) is 6.99. The van der Waals surface area contributed by atoms with Crippen molar-refractivity contribution < 1.29 is 9.92 Å². The Hall–Kier alpha value is -0.840. The molecule has 0 saturated heterocycles. The second-order valence-corrected chi connectivity index (χ2v) is 0.641. The van der Waals surface area contributed by atoms with E-state index in [9.17, 15) is 10.1 Å².